The van der Waals surface area contributed by atoms with Crippen LogP contribution in [-0.2, 0) is 19.2 Å². The number of nitrogens with two attached hydrogens (primary N) is 1. The van der Waals surface area contributed by atoms with Gasteiger partial charge in [0.1, 0.15) is 34.3 Å². The zero-order valence-electron chi connectivity index (χ0n) is 19.6. The molecule has 200 valence electrons. The number of phenolic OH excluding ortho intramolecular Hbond substituents is 2. The number of aliphatic carboxylic acids is 1. The summed E-state index contributed by atoms with van der Waals surface area (Å²) in [5.74, 6) is -3.09. The van der Waals surface area contributed by atoms with Crippen LogP contribution in [0.25, 0.3) is 11.1 Å². The lowest BCUT2D eigenvalue weighted by atomic mass is 10.0. The molecule has 1 aromatic carbocycles. The monoisotopic (exact) mass is 586 g/mol. The number of amides is 2. The highest BCUT2D eigenvalue weighted by Crippen LogP contribution is 2.45. The van der Waals surface area contributed by atoms with Crippen LogP contribution in [0.1, 0.15) is 0 Å². The lowest BCUT2D eigenvalue weighted by Crippen LogP contribution is -2.72. The molecule has 16 heteroatoms. The van der Waals surface area contributed by atoms with Crippen LogP contribution in [0.15, 0.2) is 52.4 Å². The maximum absolute atomic E-state index is 13.2. The number of fused-ring (bicyclic) bond motifs is 1. The van der Waals surface area contributed by atoms with Crippen LogP contribution >= 0.6 is 34.9 Å². The smallest absolute Gasteiger partial charge is 0.352 e. The Morgan fingerprint density at radius 1 is 1.28 bits per heavy atom. The number of anilines is 2. The number of aromatic hydroxyl groups is 2. The molecule has 2 aliphatic heterocycles. The van der Waals surface area contributed by atoms with E-state index >= 15 is 0 Å². The van der Waals surface area contributed by atoms with E-state index in [1.165, 1.54) is 53.6 Å². The molecule has 1 saturated heterocycles. The second-order valence-corrected chi connectivity index (χ2v) is 11.2. The predicted molar refractivity (Wildman–Crippen MR) is 143 cm³/mol. The molecule has 2 aliphatic rings. The molecule has 0 radical (unpaired) electrons. The third-order valence-corrected chi connectivity index (χ3v) is 9.02. The van der Waals surface area contributed by atoms with E-state index in [0.717, 1.165) is 21.1 Å². The first kappa shape index (κ1) is 26.5. The van der Waals surface area contributed by atoms with Gasteiger partial charge in [-0.25, -0.2) is 19.7 Å². The summed E-state index contributed by atoms with van der Waals surface area (Å²) < 4.78 is 0. The largest absolute Gasteiger partial charge is 0.504 e. The molecule has 13 nitrogen and oxygen atoms in total. The quantitative estimate of drug-likeness (QED) is 0.0740. The van der Waals surface area contributed by atoms with Crippen LogP contribution in [0.3, 0.4) is 0 Å². The number of β-lactam (4-membered cyclic amide) rings is 1. The van der Waals surface area contributed by atoms with Crippen molar-refractivity contribution in [2.24, 2.45) is 0 Å². The third-order valence-electron chi connectivity index (χ3n) is 5.94. The molecule has 5 N–H and O–H groups in total. The van der Waals surface area contributed by atoms with Gasteiger partial charge in [-0.3, -0.25) is 24.2 Å². The van der Waals surface area contributed by atoms with Crippen molar-refractivity contribution in [1.82, 2.24) is 19.9 Å². The molecule has 0 unspecified atom stereocenters. The Bertz CT molecular complexity index is 1540. The van der Waals surface area contributed by atoms with E-state index in [0.29, 0.717) is 21.7 Å². The van der Waals surface area contributed by atoms with Crippen molar-refractivity contribution in [3.8, 4) is 22.6 Å². The van der Waals surface area contributed by atoms with Gasteiger partial charge in [0, 0.05) is 28.6 Å². The van der Waals surface area contributed by atoms with Gasteiger partial charge in [0.15, 0.2) is 16.6 Å². The zero-order chi connectivity index (χ0) is 27.8. The summed E-state index contributed by atoms with van der Waals surface area (Å²) >= 11 is 3.52. The van der Waals surface area contributed by atoms with Crippen molar-refractivity contribution in [3.05, 3.63) is 47.4 Å². The molecule has 39 heavy (non-hydrogen) atoms. The number of aldehydes is 1. The number of rotatable bonds is 8. The van der Waals surface area contributed by atoms with Crippen LogP contribution in [0.4, 0.5) is 10.9 Å². The second-order valence-electron chi connectivity index (χ2n) is 8.22. The molecule has 2 amide bonds. The Morgan fingerprint density at radius 2 is 2.08 bits per heavy atom. The van der Waals surface area contributed by atoms with E-state index in [1.54, 1.807) is 6.07 Å². The number of thioether (sulfide) groups is 2. The maximum Gasteiger partial charge on any atom is 0.352 e. The molecule has 0 bridgehead atoms. The molecular formula is C23H18N6O7S3. The molecule has 0 saturated carbocycles. The zero-order valence-corrected chi connectivity index (χ0v) is 22.1. The van der Waals surface area contributed by atoms with Gasteiger partial charge in [-0.2, -0.15) is 0 Å². The number of thiazole rings is 1. The highest BCUT2D eigenvalue weighted by atomic mass is 32.2. The summed E-state index contributed by atoms with van der Waals surface area (Å²) in [6, 6.07) is 3.16. The molecular weight excluding hydrogens is 568 g/mol. The number of carbonyl (C=O) groups excluding carboxylic acids is 3. The number of nitrogens with zero attached hydrogens (tertiary/aromatic N) is 5. The molecule has 3 aromatic rings. The number of nitrogen functional groups attached to an aromatic ring is 1. The SMILES string of the molecule is Nc1nc(N(C(=O)C=O)[C@@H]2C(=O)N3C(C(=O)O)=C(CSc4ncncc4-c4ccc(O)c(O)c4)CS[C@H]23)cs1. The fourth-order valence-corrected chi connectivity index (χ4v) is 7.25. The number of carboxylic acid groups (broad SMARTS) is 1. The molecule has 4 heterocycles. The number of phenols is 2. The van der Waals surface area contributed by atoms with E-state index in [9.17, 15) is 34.5 Å². The van der Waals surface area contributed by atoms with Crippen molar-refractivity contribution in [2.45, 2.75) is 16.4 Å². The first-order valence-electron chi connectivity index (χ1n) is 11.1. The first-order chi connectivity index (χ1) is 18.7. The Hall–Kier alpha value is -4.15. The predicted octanol–water partition coefficient (Wildman–Crippen LogP) is 1.54. The Morgan fingerprint density at radius 3 is 2.74 bits per heavy atom. The van der Waals surface area contributed by atoms with E-state index in [4.69, 9.17) is 5.73 Å². The van der Waals surface area contributed by atoms with Crippen molar-refractivity contribution in [3.63, 3.8) is 0 Å². The third kappa shape index (κ3) is 4.77. The van der Waals surface area contributed by atoms with Crippen molar-refractivity contribution >= 4 is 69.9 Å². The molecule has 2 aromatic heterocycles. The van der Waals surface area contributed by atoms with Gasteiger partial charge in [0.05, 0.1) is 0 Å². The van der Waals surface area contributed by atoms with Gasteiger partial charge in [-0.05, 0) is 23.3 Å². The highest BCUT2D eigenvalue weighted by Gasteiger charge is 2.57. The van der Waals surface area contributed by atoms with Gasteiger partial charge in [-0.1, -0.05) is 6.07 Å². The summed E-state index contributed by atoms with van der Waals surface area (Å²) in [5.41, 5.74) is 7.04. The van der Waals surface area contributed by atoms with Gasteiger partial charge in [0.2, 0.25) is 6.29 Å². The van der Waals surface area contributed by atoms with Gasteiger partial charge < -0.3 is 21.1 Å². The van der Waals surface area contributed by atoms with Crippen LogP contribution < -0.4 is 10.6 Å². The van der Waals surface area contributed by atoms with Gasteiger partial charge in [0.25, 0.3) is 11.8 Å². The summed E-state index contributed by atoms with van der Waals surface area (Å²) in [7, 11) is 0. The number of benzene rings is 1. The Balaban J connectivity index is 1.41. The van der Waals surface area contributed by atoms with Crippen LogP contribution in [-0.4, -0.2) is 82.2 Å². The van der Waals surface area contributed by atoms with Crippen molar-refractivity contribution in [2.75, 3.05) is 22.1 Å². The summed E-state index contributed by atoms with van der Waals surface area (Å²) in [4.78, 5) is 63.7. The molecule has 0 spiro atoms. The average molecular weight is 587 g/mol. The van der Waals surface area contributed by atoms with Crippen molar-refractivity contribution in [1.29, 1.82) is 0 Å². The van der Waals surface area contributed by atoms with Crippen LogP contribution in [0.5, 0.6) is 11.5 Å². The highest BCUT2D eigenvalue weighted by molar-refractivity contribution is 8.01. The molecule has 1 fully saturated rings. The molecule has 0 aliphatic carbocycles. The normalized spacial score (nSPS) is 18.4. The van der Waals surface area contributed by atoms with E-state index in [-0.39, 0.29) is 45.9 Å². The number of hydrogen-bond acceptors (Lipinski definition) is 13. The standard InChI is InChI=1S/C23H18N6O7S3/c24-23-27-15(8-39-23)28(16(33)5-30)18-20(34)29-17(22(35)36)11(7-38-21(18)29)6-37-19-12(4-25-9-26-19)10-1-2-13(31)14(32)3-10/h1-5,8-9,18,21,31-32H,6-7H2,(H2,24,27)(H,35,36)/t18-,21-/m1/s1. The lowest BCUT2D eigenvalue weighted by Gasteiger charge is -2.52. The van der Waals surface area contributed by atoms with Gasteiger partial charge in [-0.15, -0.1) is 34.9 Å². The lowest BCUT2D eigenvalue weighted by molar-refractivity contribution is -0.149. The van der Waals surface area contributed by atoms with E-state index < -0.39 is 29.2 Å². The van der Waals surface area contributed by atoms with Gasteiger partial charge >= 0.3 is 5.97 Å². The number of carbonyl (C=O) groups is 4. The van der Waals surface area contributed by atoms with Crippen molar-refractivity contribution < 1.29 is 34.5 Å². The van der Waals surface area contributed by atoms with E-state index in [2.05, 4.69) is 15.0 Å². The first-order valence-corrected chi connectivity index (χ1v) is 14.0. The Kier molecular flexibility index (Phi) is 7.16. The Labute approximate surface area is 232 Å². The number of hydrogen-bond donors (Lipinski definition) is 4. The summed E-state index contributed by atoms with van der Waals surface area (Å²) in [5, 5.41) is 30.9. The summed E-state index contributed by atoms with van der Waals surface area (Å²) in [6.07, 6.45) is 2.94. The average Bonchev–Trinajstić information content (AvgIpc) is 3.36. The fourth-order valence-electron chi connectivity index (χ4n) is 4.20. The molecule has 2 atom stereocenters. The summed E-state index contributed by atoms with van der Waals surface area (Å²) in [6.45, 7) is 0. The maximum atomic E-state index is 13.2. The van der Waals surface area contributed by atoms with E-state index in [1.807, 2.05) is 0 Å². The van der Waals surface area contributed by atoms with Crippen LogP contribution in [0.2, 0.25) is 0 Å². The minimum Gasteiger partial charge on any atom is -0.504 e. The minimum absolute atomic E-state index is 0.0481. The molecule has 5 rings (SSSR count). The number of aromatic nitrogens is 3. The topological polar surface area (TPSA) is 200 Å². The minimum atomic E-state index is -1.31. The number of carboxylic acids is 1. The second kappa shape index (κ2) is 10.5. The fraction of sp³-hybridized carbons (Fsp3) is 0.174. The van der Waals surface area contributed by atoms with Crippen LogP contribution in [0, 0.1) is 0 Å².